The van der Waals surface area contributed by atoms with Crippen LogP contribution in [0.4, 0.5) is 0 Å². The lowest BCUT2D eigenvalue weighted by molar-refractivity contribution is 0.659. The second kappa shape index (κ2) is 2.49. The van der Waals surface area contributed by atoms with E-state index in [0.717, 1.165) is 24.3 Å². The van der Waals surface area contributed by atoms with Crippen LogP contribution >= 0.6 is 0 Å². The number of benzene rings is 1. The highest BCUT2D eigenvalue weighted by atomic mass is 15.4. The first-order chi connectivity index (χ1) is 6.45. The van der Waals surface area contributed by atoms with Crippen molar-refractivity contribution in [2.45, 2.75) is 12.8 Å². The first-order valence-electron chi connectivity index (χ1n) is 4.65. The van der Waals surface area contributed by atoms with Crippen molar-refractivity contribution >= 4 is 11.0 Å². The van der Waals surface area contributed by atoms with Gasteiger partial charge in [0, 0.05) is 13.0 Å². The van der Waals surface area contributed by atoms with E-state index in [4.69, 9.17) is 0 Å². The van der Waals surface area contributed by atoms with E-state index in [-0.39, 0.29) is 0 Å². The second-order valence-corrected chi connectivity index (χ2v) is 3.36. The van der Waals surface area contributed by atoms with Gasteiger partial charge in [0.25, 0.3) is 0 Å². The third-order valence-electron chi connectivity index (χ3n) is 2.48. The Morgan fingerprint density at radius 2 is 2.23 bits per heavy atom. The highest BCUT2D eigenvalue weighted by molar-refractivity contribution is 5.76. The van der Waals surface area contributed by atoms with Crippen molar-refractivity contribution in [1.29, 1.82) is 0 Å². The van der Waals surface area contributed by atoms with Crippen molar-refractivity contribution in [2.24, 2.45) is 0 Å². The van der Waals surface area contributed by atoms with Crippen LogP contribution in [0.25, 0.3) is 11.0 Å². The smallest absolute Gasteiger partial charge is 0.128 e. The van der Waals surface area contributed by atoms with Gasteiger partial charge in [-0.05, 0) is 18.6 Å². The fourth-order valence-electron chi connectivity index (χ4n) is 1.86. The van der Waals surface area contributed by atoms with Gasteiger partial charge in [-0.3, -0.25) is 0 Å². The number of rotatable bonds is 0. The van der Waals surface area contributed by atoms with Crippen LogP contribution in [0.3, 0.4) is 0 Å². The Hall–Kier alpha value is -1.51. The van der Waals surface area contributed by atoms with E-state index in [1.807, 2.05) is 12.1 Å². The number of imidazole rings is 1. The maximum absolute atomic E-state index is 4.55. The minimum Gasteiger partial charge on any atom is -0.324 e. The van der Waals surface area contributed by atoms with Gasteiger partial charge in [0.1, 0.15) is 5.82 Å². The molecule has 2 aromatic rings. The number of hydrogen-bond acceptors (Lipinski definition) is 2. The Balaban J connectivity index is 2.34. The van der Waals surface area contributed by atoms with Crippen molar-refractivity contribution in [3.63, 3.8) is 0 Å². The molecule has 3 rings (SSSR count). The first kappa shape index (κ1) is 6.95. The highest BCUT2D eigenvalue weighted by Gasteiger charge is 2.12. The monoisotopic (exact) mass is 173 g/mol. The van der Waals surface area contributed by atoms with Gasteiger partial charge in [-0.15, -0.1) is 0 Å². The predicted molar refractivity (Wildman–Crippen MR) is 52.3 cm³/mol. The SMILES string of the molecule is c1ccc2c(c1)nc1n2NCCC1. The zero-order chi connectivity index (χ0) is 8.67. The number of aromatic nitrogens is 2. The van der Waals surface area contributed by atoms with Crippen molar-refractivity contribution in [1.82, 2.24) is 9.66 Å². The number of nitrogens with one attached hydrogen (secondary N) is 1. The normalized spacial score (nSPS) is 15.4. The average molecular weight is 173 g/mol. The van der Waals surface area contributed by atoms with E-state index < -0.39 is 0 Å². The van der Waals surface area contributed by atoms with Crippen LogP contribution in [-0.4, -0.2) is 16.2 Å². The van der Waals surface area contributed by atoms with Gasteiger partial charge in [0.2, 0.25) is 0 Å². The fourth-order valence-corrected chi connectivity index (χ4v) is 1.86. The molecular weight excluding hydrogens is 162 g/mol. The number of hydrogen-bond donors (Lipinski definition) is 1. The first-order valence-corrected chi connectivity index (χ1v) is 4.65. The molecule has 0 radical (unpaired) electrons. The number of nitrogens with zero attached hydrogens (tertiary/aromatic N) is 2. The molecule has 0 amide bonds. The Bertz CT molecular complexity index is 444. The zero-order valence-electron chi connectivity index (χ0n) is 7.33. The molecule has 0 saturated heterocycles. The molecule has 0 saturated carbocycles. The summed E-state index contributed by atoms with van der Waals surface area (Å²) in [7, 11) is 0. The Kier molecular flexibility index (Phi) is 1.33. The van der Waals surface area contributed by atoms with Gasteiger partial charge < -0.3 is 5.43 Å². The maximum Gasteiger partial charge on any atom is 0.128 e. The number of aryl methyl sites for hydroxylation is 1. The topological polar surface area (TPSA) is 29.9 Å². The number of fused-ring (bicyclic) bond motifs is 3. The van der Waals surface area contributed by atoms with Crippen molar-refractivity contribution in [2.75, 3.05) is 12.0 Å². The van der Waals surface area contributed by atoms with E-state index in [1.54, 1.807) is 0 Å². The molecule has 0 unspecified atom stereocenters. The molecule has 3 heteroatoms. The van der Waals surface area contributed by atoms with Crippen LogP contribution in [-0.2, 0) is 6.42 Å². The molecule has 2 heterocycles. The standard InChI is InChI=1S/C10H11N3/c1-2-5-9-8(4-1)12-10-6-3-7-11-13(9)10/h1-2,4-5,11H,3,6-7H2. The van der Waals surface area contributed by atoms with Crippen molar-refractivity contribution in [3.05, 3.63) is 30.1 Å². The molecule has 1 aromatic heterocycles. The summed E-state index contributed by atoms with van der Waals surface area (Å²) in [5, 5.41) is 0. The molecule has 0 bridgehead atoms. The molecule has 1 aromatic carbocycles. The summed E-state index contributed by atoms with van der Waals surface area (Å²) in [6.07, 6.45) is 2.27. The van der Waals surface area contributed by atoms with Crippen molar-refractivity contribution in [3.8, 4) is 0 Å². The van der Waals surface area contributed by atoms with Gasteiger partial charge in [-0.1, -0.05) is 12.1 Å². The van der Waals surface area contributed by atoms with E-state index in [1.165, 1.54) is 11.9 Å². The van der Waals surface area contributed by atoms with Gasteiger partial charge >= 0.3 is 0 Å². The second-order valence-electron chi connectivity index (χ2n) is 3.36. The van der Waals surface area contributed by atoms with Crippen LogP contribution in [0.15, 0.2) is 24.3 Å². The minimum absolute atomic E-state index is 1.05. The lowest BCUT2D eigenvalue weighted by Gasteiger charge is -2.16. The summed E-state index contributed by atoms with van der Waals surface area (Å²) in [5.41, 5.74) is 5.62. The molecule has 66 valence electrons. The number of para-hydroxylation sites is 2. The van der Waals surface area contributed by atoms with Crippen LogP contribution in [0.5, 0.6) is 0 Å². The highest BCUT2D eigenvalue weighted by Crippen LogP contribution is 2.17. The molecule has 1 N–H and O–H groups in total. The Morgan fingerprint density at radius 3 is 3.23 bits per heavy atom. The summed E-state index contributed by atoms with van der Waals surface area (Å²) in [6, 6.07) is 8.24. The summed E-state index contributed by atoms with van der Waals surface area (Å²) in [4.78, 5) is 4.55. The van der Waals surface area contributed by atoms with Gasteiger partial charge in [0.05, 0.1) is 11.0 Å². The molecule has 0 fully saturated rings. The lowest BCUT2D eigenvalue weighted by Crippen LogP contribution is -2.24. The third-order valence-corrected chi connectivity index (χ3v) is 2.48. The van der Waals surface area contributed by atoms with Gasteiger partial charge in [-0.2, -0.15) is 0 Å². The molecule has 3 nitrogen and oxygen atoms in total. The molecule has 1 aliphatic rings. The molecule has 0 spiro atoms. The zero-order valence-corrected chi connectivity index (χ0v) is 7.33. The van der Waals surface area contributed by atoms with Crippen LogP contribution in [0.1, 0.15) is 12.2 Å². The summed E-state index contributed by atoms with van der Waals surface area (Å²) >= 11 is 0. The molecule has 0 aliphatic carbocycles. The van der Waals surface area contributed by atoms with E-state index in [9.17, 15) is 0 Å². The van der Waals surface area contributed by atoms with Crippen LogP contribution < -0.4 is 5.43 Å². The third kappa shape index (κ3) is 0.932. The molecule has 13 heavy (non-hydrogen) atoms. The molecule has 0 atom stereocenters. The summed E-state index contributed by atoms with van der Waals surface area (Å²) < 4.78 is 2.11. The Labute approximate surface area is 76.4 Å². The van der Waals surface area contributed by atoms with Crippen LogP contribution in [0.2, 0.25) is 0 Å². The summed E-state index contributed by atoms with van der Waals surface area (Å²) in [5.74, 6) is 1.16. The predicted octanol–water partition coefficient (Wildman–Crippen LogP) is 1.53. The molecular formula is C10H11N3. The van der Waals surface area contributed by atoms with E-state index in [2.05, 4.69) is 27.2 Å². The average Bonchev–Trinajstić information content (AvgIpc) is 2.56. The molecule has 1 aliphatic heterocycles. The van der Waals surface area contributed by atoms with E-state index >= 15 is 0 Å². The van der Waals surface area contributed by atoms with Gasteiger partial charge in [-0.25, -0.2) is 9.66 Å². The maximum atomic E-state index is 4.55. The van der Waals surface area contributed by atoms with E-state index in [0.29, 0.717) is 0 Å². The van der Waals surface area contributed by atoms with Crippen molar-refractivity contribution < 1.29 is 0 Å². The van der Waals surface area contributed by atoms with Gasteiger partial charge in [0.15, 0.2) is 0 Å². The van der Waals surface area contributed by atoms with Crippen LogP contribution in [0, 0.1) is 0 Å². The lowest BCUT2D eigenvalue weighted by atomic mass is 10.3. The quantitative estimate of drug-likeness (QED) is 0.654. The largest absolute Gasteiger partial charge is 0.324 e. The Morgan fingerprint density at radius 1 is 1.31 bits per heavy atom. The fraction of sp³-hybridized carbons (Fsp3) is 0.300. The summed E-state index contributed by atoms with van der Waals surface area (Å²) in [6.45, 7) is 1.05. The minimum atomic E-state index is 1.05.